The highest BCUT2D eigenvalue weighted by Crippen LogP contribution is 2.44. The zero-order valence-corrected chi connectivity index (χ0v) is 14.8. The third-order valence-corrected chi connectivity index (χ3v) is 3.53. The Labute approximate surface area is 133 Å². The number of hydrogen-bond donors (Lipinski definition) is 8. The van der Waals surface area contributed by atoms with Crippen LogP contribution in [0.15, 0.2) is 33.0 Å². The molecule has 0 unspecified atom stereocenters. The Morgan fingerprint density at radius 3 is 0.958 bits per heavy atom. The van der Waals surface area contributed by atoms with Gasteiger partial charge in [-0.2, -0.15) is 0 Å². The van der Waals surface area contributed by atoms with Crippen LogP contribution in [0.1, 0.15) is 0 Å². The lowest BCUT2D eigenvalue weighted by molar-refractivity contribution is 0.383. The minimum Gasteiger partial charge on any atom is -0.321 e. The van der Waals surface area contributed by atoms with Crippen molar-refractivity contribution in [3.05, 3.63) is 23.0 Å². The van der Waals surface area contributed by atoms with E-state index in [0.29, 0.717) is 0 Å². The normalized spacial score (nSPS) is 16.3. The SMILES string of the molecule is O=P(O)(O)C=NC(=CP(=O)(O)O)C(=CP(=O)(O)O)N=CP(=O)(O)O. The molecule has 0 fully saturated rings. The van der Waals surface area contributed by atoms with E-state index < -0.39 is 41.8 Å². The van der Waals surface area contributed by atoms with Crippen molar-refractivity contribution in [3.8, 4) is 0 Å². The Balaban J connectivity index is 6.40. The summed E-state index contributed by atoms with van der Waals surface area (Å²) in [5, 5.41) is 0. The Kier molecular flexibility index (Phi) is 8.00. The molecule has 0 aliphatic carbocycles. The van der Waals surface area contributed by atoms with Crippen LogP contribution >= 0.6 is 30.4 Å². The van der Waals surface area contributed by atoms with Crippen LogP contribution in [0.5, 0.6) is 0 Å². The molecule has 0 bridgehead atoms. The molecular formula is C6H12N2O12P4. The second-order valence-corrected chi connectivity index (χ2v) is 9.57. The van der Waals surface area contributed by atoms with Gasteiger partial charge in [-0.3, -0.25) is 18.3 Å². The first kappa shape index (κ1) is 23.4. The molecule has 24 heavy (non-hydrogen) atoms. The van der Waals surface area contributed by atoms with E-state index >= 15 is 0 Å². The molecule has 0 rings (SSSR count). The highest BCUT2D eigenvalue weighted by Gasteiger charge is 2.20. The summed E-state index contributed by atoms with van der Waals surface area (Å²) in [6.45, 7) is 0. The molecule has 18 heteroatoms. The molecule has 14 nitrogen and oxygen atoms in total. The average molecular weight is 428 g/mol. The molecule has 8 N–H and O–H groups in total. The fraction of sp³-hybridized carbons (Fsp3) is 0. The van der Waals surface area contributed by atoms with Gasteiger partial charge in [0, 0.05) is 0 Å². The van der Waals surface area contributed by atoms with Crippen molar-refractivity contribution in [2.45, 2.75) is 0 Å². The van der Waals surface area contributed by atoms with Crippen LogP contribution in [0, 0.1) is 0 Å². The van der Waals surface area contributed by atoms with Gasteiger partial charge in [0.05, 0.1) is 23.0 Å². The van der Waals surface area contributed by atoms with E-state index in [2.05, 4.69) is 9.98 Å². The minimum absolute atomic E-state index is 0.0579. The summed E-state index contributed by atoms with van der Waals surface area (Å²) < 4.78 is 43.3. The predicted molar refractivity (Wildman–Crippen MR) is 81.3 cm³/mol. The number of hydrogen-bond acceptors (Lipinski definition) is 6. The van der Waals surface area contributed by atoms with Crippen LogP contribution in [0.25, 0.3) is 0 Å². The standard InChI is InChI=1S/C6H12N2O12P4/c9-21(10,11)1-5(7-3-23(15,16)17)6(2-22(12,13)14)8-4-24(18,19)20/h1-4H,(H2,9,10,11)(H2,12,13,14)(H2,15,16,17)(H2,18,19,20). The molecule has 0 aromatic rings. The smallest absolute Gasteiger partial charge is 0.321 e. The molecule has 0 aliphatic rings. The Morgan fingerprint density at radius 1 is 0.542 bits per heavy atom. The fourth-order valence-corrected chi connectivity index (χ4v) is 2.51. The Morgan fingerprint density at radius 2 is 0.792 bits per heavy atom. The number of aliphatic imine (C=N–C) groups is 2. The summed E-state index contributed by atoms with van der Waals surface area (Å²) in [7, 11) is -20.0. The van der Waals surface area contributed by atoms with Crippen molar-refractivity contribution < 1.29 is 57.4 Å². The molecular weight excluding hydrogens is 416 g/mol. The Bertz CT molecular complexity index is 705. The van der Waals surface area contributed by atoms with E-state index in [1.54, 1.807) is 0 Å². The lowest BCUT2D eigenvalue weighted by atomic mass is 10.4. The summed E-state index contributed by atoms with van der Waals surface area (Å²) in [5.41, 5.74) is -2.28. The van der Waals surface area contributed by atoms with E-state index in [-0.39, 0.29) is 23.5 Å². The highest BCUT2D eigenvalue weighted by atomic mass is 31.2. The van der Waals surface area contributed by atoms with Gasteiger partial charge in [-0.25, -0.2) is 9.98 Å². The van der Waals surface area contributed by atoms with Crippen molar-refractivity contribution in [3.63, 3.8) is 0 Å². The van der Waals surface area contributed by atoms with Gasteiger partial charge in [0.1, 0.15) is 11.9 Å². The second kappa shape index (κ2) is 8.20. The van der Waals surface area contributed by atoms with Gasteiger partial charge in [0.2, 0.25) is 0 Å². The van der Waals surface area contributed by atoms with Gasteiger partial charge in [-0.15, -0.1) is 0 Å². The predicted octanol–water partition coefficient (Wildman–Crippen LogP) is -0.563. The molecule has 138 valence electrons. The second-order valence-electron chi connectivity index (χ2n) is 3.87. The van der Waals surface area contributed by atoms with Gasteiger partial charge in [0.15, 0.2) is 0 Å². The molecule has 0 aromatic carbocycles. The summed E-state index contributed by atoms with van der Waals surface area (Å²) in [6.07, 6.45) is 0. The van der Waals surface area contributed by atoms with Gasteiger partial charge in [0.25, 0.3) is 0 Å². The van der Waals surface area contributed by atoms with Crippen molar-refractivity contribution >= 4 is 42.3 Å². The van der Waals surface area contributed by atoms with Crippen LogP contribution in [0.3, 0.4) is 0 Å². The molecule has 0 saturated heterocycles. The Hall–Kier alpha value is -0.580. The van der Waals surface area contributed by atoms with Gasteiger partial charge in [-0.05, 0) is 0 Å². The molecule has 0 spiro atoms. The third kappa shape index (κ3) is 13.8. The van der Waals surface area contributed by atoms with Crippen LogP contribution in [0.2, 0.25) is 0 Å². The van der Waals surface area contributed by atoms with Gasteiger partial charge in [-0.1, -0.05) is 0 Å². The monoisotopic (exact) mass is 428 g/mol. The lowest BCUT2D eigenvalue weighted by Gasteiger charge is -2.06. The molecule has 0 saturated carbocycles. The molecule has 0 heterocycles. The summed E-state index contributed by atoms with van der Waals surface area (Å²) >= 11 is 0. The first-order valence-corrected chi connectivity index (χ1v) is 11.9. The zero-order valence-electron chi connectivity index (χ0n) is 11.2. The van der Waals surface area contributed by atoms with Crippen LogP contribution in [-0.4, -0.2) is 51.1 Å². The fourth-order valence-electron chi connectivity index (χ4n) is 0.925. The number of nitrogens with zero attached hydrogens (tertiary/aromatic N) is 2. The summed E-state index contributed by atoms with van der Waals surface area (Å²) in [6, 6.07) is 0. The van der Waals surface area contributed by atoms with E-state index in [1.165, 1.54) is 0 Å². The molecule has 0 amide bonds. The van der Waals surface area contributed by atoms with Crippen LogP contribution in [0.4, 0.5) is 0 Å². The first-order chi connectivity index (χ1) is 10.4. The zero-order chi connectivity index (χ0) is 19.4. The maximum Gasteiger partial charge on any atom is 0.367 e. The highest BCUT2D eigenvalue weighted by molar-refractivity contribution is 7.68. The molecule has 0 atom stereocenters. The van der Waals surface area contributed by atoms with Crippen molar-refractivity contribution in [1.82, 2.24) is 0 Å². The molecule has 0 radical (unpaired) electrons. The largest absolute Gasteiger partial charge is 0.367 e. The van der Waals surface area contributed by atoms with E-state index in [9.17, 15) is 18.3 Å². The maximum atomic E-state index is 11.0. The molecule has 0 aliphatic heterocycles. The maximum absolute atomic E-state index is 11.0. The van der Waals surface area contributed by atoms with E-state index in [4.69, 9.17) is 39.1 Å². The van der Waals surface area contributed by atoms with Crippen molar-refractivity contribution in [2.75, 3.05) is 0 Å². The van der Waals surface area contributed by atoms with E-state index in [1.807, 2.05) is 0 Å². The average Bonchev–Trinajstić information content (AvgIpc) is 2.25. The van der Waals surface area contributed by atoms with Gasteiger partial charge < -0.3 is 39.1 Å². The van der Waals surface area contributed by atoms with Crippen molar-refractivity contribution in [2.24, 2.45) is 9.98 Å². The van der Waals surface area contributed by atoms with Gasteiger partial charge >= 0.3 is 30.4 Å². The topological polar surface area (TPSA) is 255 Å². The van der Waals surface area contributed by atoms with Crippen LogP contribution < -0.4 is 0 Å². The van der Waals surface area contributed by atoms with Crippen molar-refractivity contribution in [1.29, 1.82) is 0 Å². The lowest BCUT2D eigenvalue weighted by Crippen LogP contribution is -1.91. The quantitative estimate of drug-likeness (QED) is 0.144. The summed E-state index contributed by atoms with van der Waals surface area (Å²) in [4.78, 5) is 75.8. The minimum atomic E-state index is -5.08. The number of rotatable bonds is 7. The third-order valence-electron chi connectivity index (χ3n) is 1.54. The molecule has 0 aromatic heterocycles. The van der Waals surface area contributed by atoms with E-state index in [0.717, 1.165) is 0 Å². The first-order valence-electron chi connectivity index (χ1n) is 5.15. The summed E-state index contributed by atoms with van der Waals surface area (Å²) in [5.74, 6) is -0.320. The van der Waals surface area contributed by atoms with Crippen LogP contribution in [-0.2, 0) is 18.3 Å².